The number of hydrogen-bond donors (Lipinski definition) is 0. The highest BCUT2D eigenvalue weighted by Crippen LogP contribution is 2.24. The average molecular weight is 263 g/mol. The van der Waals surface area contributed by atoms with Gasteiger partial charge >= 0.3 is 0 Å². The van der Waals surface area contributed by atoms with Crippen LogP contribution in [0.4, 0.5) is 0 Å². The molecule has 2 aliphatic heterocycles. The lowest BCUT2D eigenvalue weighted by molar-refractivity contribution is -0.127. The molecule has 4 nitrogen and oxygen atoms in total. The first-order valence-electron chi connectivity index (χ1n) is 5.67. The van der Waals surface area contributed by atoms with Crippen LogP contribution in [0.25, 0.3) is 0 Å². The molecule has 0 radical (unpaired) electrons. The van der Waals surface area contributed by atoms with Crippen molar-refractivity contribution < 1.29 is 13.2 Å². The zero-order valence-corrected chi connectivity index (χ0v) is 10.9. The molecule has 6 heteroatoms. The van der Waals surface area contributed by atoms with E-state index in [0.717, 1.165) is 25.9 Å². The van der Waals surface area contributed by atoms with Crippen LogP contribution in [-0.2, 0) is 14.6 Å². The molecule has 0 aliphatic carbocycles. The average Bonchev–Trinajstić information content (AvgIpc) is 2.83. The van der Waals surface area contributed by atoms with Gasteiger partial charge < -0.3 is 4.90 Å². The van der Waals surface area contributed by atoms with E-state index in [0.29, 0.717) is 17.9 Å². The number of nitrogens with zero attached hydrogens (tertiary/aromatic N) is 1. The summed E-state index contributed by atoms with van der Waals surface area (Å²) < 4.78 is 22.5. The highest BCUT2D eigenvalue weighted by atomic mass is 32.2. The molecule has 0 N–H and O–H groups in total. The molecule has 2 heterocycles. The van der Waals surface area contributed by atoms with Crippen molar-refractivity contribution in [2.24, 2.45) is 0 Å². The van der Waals surface area contributed by atoms with Gasteiger partial charge in [0.05, 0.1) is 17.3 Å². The monoisotopic (exact) mass is 263 g/mol. The van der Waals surface area contributed by atoms with Gasteiger partial charge in [0, 0.05) is 18.3 Å². The number of amides is 1. The molecule has 2 saturated heterocycles. The molecule has 16 heavy (non-hydrogen) atoms. The summed E-state index contributed by atoms with van der Waals surface area (Å²) in [5, 5.41) is 0.136. The fourth-order valence-corrected chi connectivity index (χ4v) is 5.68. The topological polar surface area (TPSA) is 54.5 Å². The number of carbonyl (C=O) groups is 1. The van der Waals surface area contributed by atoms with Crippen molar-refractivity contribution in [1.82, 2.24) is 4.90 Å². The third-order valence-electron chi connectivity index (χ3n) is 3.09. The van der Waals surface area contributed by atoms with Crippen molar-refractivity contribution in [1.29, 1.82) is 0 Å². The van der Waals surface area contributed by atoms with E-state index < -0.39 is 9.84 Å². The van der Waals surface area contributed by atoms with E-state index in [9.17, 15) is 13.2 Å². The molecule has 1 unspecified atom stereocenters. The summed E-state index contributed by atoms with van der Waals surface area (Å²) in [6.07, 6.45) is 2.92. The Balaban J connectivity index is 1.73. The van der Waals surface area contributed by atoms with Gasteiger partial charge in [-0.15, -0.1) is 11.8 Å². The molecule has 0 aromatic rings. The summed E-state index contributed by atoms with van der Waals surface area (Å²) >= 11 is 1.51. The van der Waals surface area contributed by atoms with Gasteiger partial charge in [0.25, 0.3) is 0 Å². The summed E-state index contributed by atoms with van der Waals surface area (Å²) in [5.41, 5.74) is 0. The van der Waals surface area contributed by atoms with E-state index >= 15 is 0 Å². The van der Waals surface area contributed by atoms with Gasteiger partial charge in [0.15, 0.2) is 9.84 Å². The number of carbonyl (C=O) groups excluding carboxylic acids is 1. The molecule has 2 fully saturated rings. The lowest BCUT2D eigenvalue weighted by atomic mass is 10.4. The first-order valence-corrected chi connectivity index (χ1v) is 8.54. The maximum atomic E-state index is 11.7. The van der Waals surface area contributed by atoms with Crippen molar-refractivity contribution in [2.45, 2.75) is 24.5 Å². The number of sulfone groups is 1. The summed E-state index contributed by atoms with van der Waals surface area (Å²) in [4.78, 5) is 13.6. The Morgan fingerprint density at radius 1 is 1.31 bits per heavy atom. The highest BCUT2D eigenvalue weighted by molar-refractivity contribution is 8.02. The minimum atomic E-state index is -2.81. The van der Waals surface area contributed by atoms with Crippen molar-refractivity contribution in [3.63, 3.8) is 0 Å². The van der Waals surface area contributed by atoms with Gasteiger partial charge in [-0.2, -0.15) is 0 Å². The highest BCUT2D eigenvalue weighted by Gasteiger charge is 2.29. The van der Waals surface area contributed by atoms with Crippen LogP contribution in [0.1, 0.15) is 19.3 Å². The van der Waals surface area contributed by atoms with Gasteiger partial charge in [-0.05, 0) is 19.3 Å². The number of thioether (sulfide) groups is 1. The van der Waals surface area contributed by atoms with Crippen LogP contribution in [0.15, 0.2) is 0 Å². The number of hydrogen-bond acceptors (Lipinski definition) is 4. The van der Waals surface area contributed by atoms with E-state index in [1.165, 1.54) is 11.8 Å². The van der Waals surface area contributed by atoms with Crippen molar-refractivity contribution in [3.05, 3.63) is 0 Å². The second-order valence-corrected chi connectivity index (χ2v) is 7.94. The molecule has 0 spiro atoms. The lowest BCUT2D eigenvalue weighted by Crippen LogP contribution is -2.29. The van der Waals surface area contributed by atoms with Gasteiger partial charge in [-0.3, -0.25) is 4.79 Å². The van der Waals surface area contributed by atoms with Crippen LogP contribution in [0.5, 0.6) is 0 Å². The van der Waals surface area contributed by atoms with Crippen LogP contribution < -0.4 is 0 Å². The maximum Gasteiger partial charge on any atom is 0.232 e. The van der Waals surface area contributed by atoms with Gasteiger partial charge in [0.2, 0.25) is 5.91 Å². The molecule has 92 valence electrons. The fraction of sp³-hybridized carbons (Fsp3) is 0.900. The largest absolute Gasteiger partial charge is 0.342 e. The van der Waals surface area contributed by atoms with Crippen LogP contribution in [0.2, 0.25) is 0 Å². The molecule has 2 aliphatic rings. The molecule has 1 amide bonds. The first kappa shape index (κ1) is 12.2. The minimum absolute atomic E-state index is 0.136. The Morgan fingerprint density at radius 3 is 2.56 bits per heavy atom. The zero-order chi connectivity index (χ0) is 11.6. The molecule has 0 aromatic heterocycles. The molecule has 2 rings (SSSR count). The summed E-state index contributed by atoms with van der Waals surface area (Å²) in [6.45, 7) is 1.75. The smallest absolute Gasteiger partial charge is 0.232 e. The Kier molecular flexibility index (Phi) is 3.79. The third-order valence-corrected chi connectivity index (χ3v) is 6.36. The van der Waals surface area contributed by atoms with Crippen LogP contribution >= 0.6 is 11.8 Å². The second kappa shape index (κ2) is 4.96. The van der Waals surface area contributed by atoms with Gasteiger partial charge in [-0.25, -0.2) is 8.42 Å². The first-order chi connectivity index (χ1) is 7.57. The van der Waals surface area contributed by atoms with E-state index in [-0.39, 0.29) is 16.9 Å². The van der Waals surface area contributed by atoms with Crippen LogP contribution in [-0.4, -0.2) is 54.8 Å². The lowest BCUT2D eigenvalue weighted by Gasteiger charge is -2.15. The third kappa shape index (κ3) is 3.13. The summed E-state index contributed by atoms with van der Waals surface area (Å²) in [7, 11) is -2.81. The minimum Gasteiger partial charge on any atom is -0.342 e. The van der Waals surface area contributed by atoms with Crippen LogP contribution in [0, 0.1) is 0 Å². The van der Waals surface area contributed by atoms with Gasteiger partial charge in [-0.1, -0.05) is 0 Å². The normalized spacial score (nSPS) is 28.5. The zero-order valence-electron chi connectivity index (χ0n) is 9.22. The number of likely N-dealkylation sites (tertiary alicyclic amines) is 1. The molecular weight excluding hydrogens is 246 g/mol. The van der Waals surface area contributed by atoms with E-state index in [1.54, 1.807) is 0 Å². The Bertz CT molecular complexity index is 360. The SMILES string of the molecule is O=C(CSC1CCS(=O)(=O)C1)N1CCCC1. The predicted molar refractivity (Wildman–Crippen MR) is 65.3 cm³/mol. The summed E-state index contributed by atoms with van der Waals surface area (Å²) in [6, 6.07) is 0. The van der Waals surface area contributed by atoms with Crippen molar-refractivity contribution in [3.8, 4) is 0 Å². The maximum absolute atomic E-state index is 11.7. The standard InChI is InChI=1S/C10H17NO3S2/c12-10(11-4-1-2-5-11)7-15-9-3-6-16(13,14)8-9/h9H,1-8H2. The van der Waals surface area contributed by atoms with Crippen molar-refractivity contribution in [2.75, 3.05) is 30.3 Å². The molecule has 0 bridgehead atoms. The quantitative estimate of drug-likeness (QED) is 0.745. The molecular formula is C10H17NO3S2. The predicted octanol–water partition coefficient (Wildman–Crippen LogP) is 0.529. The van der Waals surface area contributed by atoms with Crippen LogP contribution in [0.3, 0.4) is 0 Å². The van der Waals surface area contributed by atoms with Gasteiger partial charge in [0.1, 0.15) is 0 Å². The molecule has 0 saturated carbocycles. The fourth-order valence-electron chi connectivity index (χ4n) is 2.14. The van der Waals surface area contributed by atoms with E-state index in [1.807, 2.05) is 4.90 Å². The Labute approximate surface area is 101 Å². The molecule has 1 atom stereocenters. The number of rotatable bonds is 3. The Hall–Kier alpha value is -0.230. The van der Waals surface area contributed by atoms with E-state index in [2.05, 4.69) is 0 Å². The second-order valence-electron chi connectivity index (χ2n) is 4.42. The Morgan fingerprint density at radius 2 is 2.00 bits per heavy atom. The van der Waals surface area contributed by atoms with Crippen molar-refractivity contribution >= 4 is 27.5 Å². The summed E-state index contributed by atoms with van der Waals surface area (Å²) in [5.74, 6) is 1.17. The van der Waals surface area contributed by atoms with E-state index in [4.69, 9.17) is 0 Å². The molecule has 0 aromatic carbocycles.